The molecule has 2 aromatic carbocycles. The summed E-state index contributed by atoms with van der Waals surface area (Å²) in [6.07, 6.45) is 1.54. The highest BCUT2D eigenvalue weighted by Crippen LogP contribution is 2.17. The topological polar surface area (TPSA) is 78.4 Å². The average Bonchev–Trinajstić information content (AvgIpc) is 2.61. The standard InChI is InChI=1S/C18H16BrClN2O3/c19-15-4-2-1-3-14(15)17(24)22-16(18(25)21-9-10-23)11-12-5-7-13(20)8-6-12/h1-8,11,23H,9-10H2,(H,21,25)(H,22,24)/b16-11+. The van der Waals surface area contributed by atoms with Crippen LogP contribution in [-0.4, -0.2) is 30.1 Å². The van der Waals surface area contributed by atoms with Crippen molar-refractivity contribution in [3.05, 3.63) is 74.9 Å². The molecular weight excluding hydrogens is 408 g/mol. The Bertz CT molecular complexity index is 791. The summed E-state index contributed by atoms with van der Waals surface area (Å²) in [6, 6.07) is 13.7. The number of carbonyl (C=O) groups excluding carboxylic acids is 2. The minimum Gasteiger partial charge on any atom is -0.395 e. The van der Waals surface area contributed by atoms with E-state index in [2.05, 4.69) is 26.6 Å². The van der Waals surface area contributed by atoms with Crippen LogP contribution < -0.4 is 10.6 Å². The summed E-state index contributed by atoms with van der Waals surface area (Å²) in [5.41, 5.74) is 1.17. The molecule has 2 aromatic rings. The molecule has 0 saturated carbocycles. The number of rotatable bonds is 6. The number of aliphatic hydroxyl groups is 1. The molecule has 7 heteroatoms. The van der Waals surface area contributed by atoms with Crippen molar-refractivity contribution in [3.8, 4) is 0 Å². The predicted molar refractivity (Wildman–Crippen MR) is 101 cm³/mol. The SMILES string of the molecule is O=C(NCCO)/C(=C\c1ccc(Cl)cc1)NC(=O)c1ccccc1Br. The molecule has 0 aliphatic heterocycles. The fourth-order valence-electron chi connectivity index (χ4n) is 1.98. The molecule has 0 aliphatic rings. The molecule has 2 amide bonds. The number of carbonyl (C=O) groups is 2. The molecule has 130 valence electrons. The molecule has 25 heavy (non-hydrogen) atoms. The molecule has 0 heterocycles. The number of amides is 2. The van der Waals surface area contributed by atoms with Crippen LogP contribution in [0.4, 0.5) is 0 Å². The van der Waals surface area contributed by atoms with Crippen molar-refractivity contribution in [2.45, 2.75) is 0 Å². The third kappa shape index (κ3) is 5.70. The van der Waals surface area contributed by atoms with Crippen LogP contribution in [0.15, 0.2) is 58.7 Å². The quantitative estimate of drug-likeness (QED) is 0.625. The Kier molecular flexibility index (Phi) is 7.18. The van der Waals surface area contributed by atoms with Gasteiger partial charge in [0.2, 0.25) is 0 Å². The van der Waals surface area contributed by atoms with Gasteiger partial charge in [-0.1, -0.05) is 35.9 Å². The van der Waals surface area contributed by atoms with E-state index in [1.807, 2.05) is 0 Å². The lowest BCUT2D eigenvalue weighted by molar-refractivity contribution is -0.117. The molecule has 0 saturated heterocycles. The monoisotopic (exact) mass is 422 g/mol. The van der Waals surface area contributed by atoms with Gasteiger partial charge in [-0.05, 0) is 51.8 Å². The van der Waals surface area contributed by atoms with Gasteiger partial charge in [-0.25, -0.2) is 0 Å². The lowest BCUT2D eigenvalue weighted by Gasteiger charge is -2.11. The lowest BCUT2D eigenvalue weighted by Crippen LogP contribution is -2.36. The molecule has 0 bridgehead atoms. The normalized spacial score (nSPS) is 11.1. The van der Waals surface area contributed by atoms with Gasteiger partial charge in [0.25, 0.3) is 11.8 Å². The Morgan fingerprint density at radius 2 is 1.80 bits per heavy atom. The second-order valence-corrected chi connectivity index (χ2v) is 6.31. The van der Waals surface area contributed by atoms with E-state index in [1.54, 1.807) is 48.5 Å². The van der Waals surface area contributed by atoms with Gasteiger partial charge in [-0.3, -0.25) is 9.59 Å². The Balaban J connectivity index is 2.28. The van der Waals surface area contributed by atoms with E-state index in [0.29, 0.717) is 20.6 Å². The van der Waals surface area contributed by atoms with Gasteiger partial charge in [0.15, 0.2) is 0 Å². The Morgan fingerprint density at radius 3 is 2.44 bits per heavy atom. The number of halogens is 2. The van der Waals surface area contributed by atoms with Crippen molar-refractivity contribution in [2.24, 2.45) is 0 Å². The van der Waals surface area contributed by atoms with E-state index in [0.717, 1.165) is 0 Å². The minimum atomic E-state index is -0.496. The summed E-state index contributed by atoms with van der Waals surface area (Å²) >= 11 is 9.17. The maximum atomic E-state index is 12.5. The summed E-state index contributed by atoms with van der Waals surface area (Å²) in [5, 5.41) is 14.6. The molecule has 2 rings (SSSR count). The number of aliphatic hydroxyl groups excluding tert-OH is 1. The number of nitrogens with one attached hydrogen (secondary N) is 2. The van der Waals surface area contributed by atoms with Crippen LogP contribution in [0.3, 0.4) is 0 Å². The van der Waals surface area contributed by atoms with Crippen LogP contribution in [0.1, 0.15) is 15.9 Å². The van der Waals surface area contributed by atoms with Crippen LogP contribution in [0, 0.1) is 0 Å². The average molecular weight is 424 g/mol. The van der Waals surface area contributed by atoms with E-state index >= 15 is 0 Å². The summed E-state index contributed by atoms with van der Waals surface area (Å²) in [5.74, 6) is -0.920. The highest BCUT2D eigenvalue weighted by Gasteiger charge is 2.16. The first kappa shape index (κ1) is 19.2. The molecule has 5 nitrogen and oxygen atoms in total. The number of hydrogen-bond donors (Lipinski definition) is 3. The number of hydrogen-bond acceptors (Lipinski definition) is 3. The van der Waals surface area contributed by atoms with Crippen LogP contribution in [0.2, 0.25) is 5.02 Å². The second kappa shape index (κ2) is 9.36. The molecule has 0 atom stereocenters. The maximum absolute atomic E-state index is 12.5. The largest absolute Gasteiger partial charge is 0.395 e. The van der Waals surface area contributed by atoms with E-state index < -0.39 is 11.8 Å². The zero-order chi connectivity index (χ0) is 18.2. The summed E-state index contributed by atoms with van der Waals surface area (Å²) in [4.78, 5) is 24.7. The predicted octanol–water partition coefficient (Wildman–Crippen LogP) is 2.98. The van der Waals surface area contributed by atoms with Crippen molar-refractivity contribution in [3.63, 3.8) is 0 Å². The highest BCUT2D eigenvalue weighted by molar-refractivity contribution is 9.10. The van der Waals surface area contributed by atoms with Crippen molar-refractivity contribution in [1.82, 2.24) is 10.6 Å². The van der Waals surface area contributed by atoms with Crippen LogP contribution in [0.25, 0.3) is 6.08 Å². The first-order chi connectivity index (χ1) is 12.0. The van der Waals surface area contributed by atoms with Crippen LogP contribution in [-0.2, 0) is 4.79 Å². The van der Waals surface area contributed by atoms with Crippen LogP contribution >= 0.6 is 27.5 Å². The van der Waals surface area contributed by atoms with Gasteiger partial charge in [0.1, 0.15) is 5.70 Å². The molecule has 0 unspecified atom stereocenters. The minimum absolute atomic E-state index is 0.0662. The highest BCUT2D eigenvalue weighted by atomic mass is 79.9. The lowest BCUT2D eigenvalue weighted by atomic mass is 10.1. The summed E-state index contributed by atoms with van der Waals surface area (Å²) in [7, 11) is 0. The third-order valence-corrected chi connectivity index (χ3v) is 4.13. The fraction of sp³-hybridized carbons (Fsp3) is 0.111. The second-order valence-electron chi connectivity index (χ2n) is 5.02. The van der Waals surface area contributed by atoms with Crippen molar-refractivity contribution >= 4 is 45.4 Å². The molecule has 3 N–H and O–H groups in total. The van der Waals surface area contributed by atoms with Crippen molar-refractivity contribution in [2.75, 3.05) is 13.2 Å². The van der Waals surface area contributed by atoms with Gasteiger partial charge in [0, 0.05) is 16.0 Å². The summed E-state index contributed by atoms with van der Waals surface area (Å²) in [6.45, 7) is -0.111. The first-order valence-corrected chi connectivity index (χ1v) is 8.60. The van der Waals surface area contributed by atoms with Gasteiger partial charge in [-0.15, -0.1) is 0 Å². The third-order valence-electron chi connectivity index (χ3n) is 3.19. The molecule has 0 fully saturated rings. The van der Waals surface area contributed by atoms with E-state index in [1.165, 1.54) is 6.08 Å². The summed E-state index contributed by atoms with van der Waals surface area (Å²) < 4.78 is 0.620. The Morgan fingerprint density at radius 1 is 1.12 bits per heavy atom. The molecular formula is C18H16BrClN2O3. The molecule has 0 aromatic heterocycles. The first-order valence-electron chi connectivity index (χ1n) is 7.43. The Hall–Kier alpha value is -2.15. The zero-order valence-corrected chi connectivity index (χ0v) is 15.5. The molecule has 0 spiro atoms. The zero-order valence-electron chi connectivity index (χ0n) is 13.1. The van der Waals surface area contributed by atoms with E-state index in [4.69, 9.17) is 16.7 Å². The van der Waals surface area contributed by atoms with Gasteiger partial charge in [0.05, 0.1) is 12.2 Å². The molecule has 0 radical (unpaired) electrons. The van der Waals surface area contributed by atoms with E-state index in [9.17, 15) is 9.59 Å². The van der Waals surface area contributed by atoms with Gasteiger partial charge in [-0.2, -0.15) is 0 Å². The molecule has 0 aliphatic carbocycles. The van der Waals surface area contributed by atoms with Crippen molar-refractivity contribution in [1.29, 1.82) is 0 Å². The Labute approximate surface area is 158 Å². The smallest absolute Gasteiger partial charge is 0.267 e. The fourth-order valence-corrected chi connectivity index (χ4v) is 2.57. The maximum Gasteiger partial charge on any atom is 0.267 e. The van der Waals surface area contributed by atoms with Crippen LogP contribution in [0.5, 0.6) is 0 Å². The van der Waals surface area contributed by atoms with Gasteiger partial charge < -0.3 is 15.7 Å². The van der Waals surface area contributed by atoms with Gasteiger partial charge >= 0.3 is 0 Å². The van der Waals surface area contributed by atoms with Crippen molar-refractivity contribution < 1.29 is 14.7 Å². The number of benzene rings is 2. The van der Waals surface area contributed by atoms with E-state index in [-0.39, 0.29) is 18.8 Å².